The van der Waals surface area contributed by atoms with Crippen molar-refractivity contribution < 1.29 is 9.90 Å². The van der Waals surface area contributed by atoms with Gasteiger partial charge >= 0.3 is 0 Å². The van der Waals surface area contributed by atoms with Crippen molar-refractivity contribution in [3.8, 4) is 0 Å². The SMILES string of the molecule is CCN(C(=O)CCCCO)C1CCCCC1. The number of aliphatic hydroxyl groups is 1. The van der Waals surface area contributed by atoms with Crippen molar-refractivity contribution in [2.24, 2.45) is 0 Å². The van der Waals surface area contributed by atoms with Gasteiger partial charge in [-0.2, -0.15) is 0 Å². The Morgan fingerprint density at radius 2 is 1.94 bits per heavy atom. The lowest BCUT2D eigenvalue weighted by Gasteiger charge is -2.33. The summed E-state index contributed by atoms with van der Waals surface area (Å²) in [5.41, 5.74) is 0. The van der Waals surface area contributed by atoms with E-state index in [0.717, 1.165) is 19.4 Å². The van der Waals surface area contributed by atoms with E-state index in [4.69, 9.17) is 5.11 Å². The zero-order valence-corrected chi connectivity index (χ0v) is 10.5. The van der Waals surface area contributed by atoms with E-state index in [0.29, 0.717) is 12.5 Å². The second-order valence-corrected chi connectivity index (χ2v) is 4.65. The van der Waals surface area contributed by atoms with E-state index in [-0.39, 0.29) is 12.5 Å². The number of hydrogen-bond acceptors (Lipinski definition) is 2. The van der Waals surface area contributed by atoms with E-state index in [1.807, 2.05) is 0 Å². The van der Waals surface area contributed by atoms with E-state index in [2.05, 4.69) is 11.8 Å². The maximum atomic E-state index is 12.0. The van der Waals surface area contributed by atoms with Gasteiger partial charge in [0.25, 0.3) is 0 Å². The molecule has 0 bridgehead atoms. The quantitative estimate of drug-likeness (QED) is 0.707. The van der Waals surface area contributed by atoms with Gasteiger partial charge in [0.05, 0.1) is 0 Å². The monoisotopic (exact) mass is 227 g/mol. The number of carbonyl (C=O) groups excluding carboxylic acids is 1. The van der Waals surface area contributed by atoms with Crippen LogP contribution in [-0.4, -0.2) is 35.1 Å². The minimum atomic E-state index is 0.197. The predicted octanol–water partition coefficient (Wildman–Crippen LogP) is 2.33. The van der Waals surface area contributed by atoms with Gasteiger partial charge in [-0.05, 0) is 32.6 Å². The van der Waals surface area contributed by atoms with Crippen LogP contribution in [0.25, 0.3) is 0 Å². The summed E-state index contributed by atoms with van der Waals surface area (Å²) in [5, 5.41) is 8.70. The first kappa shape index (κ1) is 13.5. The zero-order chi connectivity index (χ0) is 11.8. The normalized spacial score (nSPS) is 17.4. The molecule has 0 radical (unpaired) electrons. The number of unbranched alkanes of at least 4 members (excludes halogenated alkanes) is 1. The average molecular weight is 227 g/mol. The van der Waals surface area contributed by atoms with Crippen LogP contribution in [0.15, 0.2) is 0 Å². The summed E-state index contributed by atoms with van der Waals surface area (Å²) < 4.78 is 0. The first-order valence-corrected chi connectivity index (χ1v) is 6.70. The van der Waals surface area contributed by atoms with Crippen LogP contribution in [0.5, 0.6) is 0 Å². The molecule has 0 atom stereocenters. The fraction of sp³-hybridized carbons (Fsp3) is 0.923. The molecule has 1 aliphatic rings. The Bertz CT molecular complexity index is 200. The highest BCUT2D eigenvalue weighted by Gasteiger charge is 2.23. The summed E-state index contributed by atoms with van der Waals surface area (Å²) in [7, 11) is 0. The molecule has 0 aromatic carbocycles. The molecule has 1 N–H and O–H groups in total. The standard InChI is InChI=1S/C13H25NO2/c1-2-14(12-8-4-3-5-9-12)13(16)10-6-7-11-15/h12,15H,2-11H2,1H3. The second-order valence-electron chi connectivity index (χ2n) is 4.65. The van der Waals surface area contributed by atoms with E-state index < -0.39 is 0 Å². The van der Waals surface area contributed by atoms with Gasteiger partial charge < -0.3 is 10.0 Å². The highest BCUT2D eigenvalue weighted by Crippen LogP contribution is 2.23. The molecule has 94 valence electrons. The van der Waals surface area contributed by atoms with Crippen LogP contribution in [0.4, 0.5) is 0 Å². The lowest BCUT2D eigenvalue weighted by atomic mass is 9.94. The number of amides is 1. The minimum absolute atomic E-state index is 0.197. The summed E-state index contributed by atoms with van der Waals surface area (Å²) >= 11 is 0. The van der Waals surface area contributed by atoms with Gasteiger partial charge in [-0.3, -0.25) is 4.79 Å². The fourth-order valence-corrected chi connectivity index (χ4v) is 2.56. The van der Waals surface area contributed by atoms with Crippen molar-refractivity contribution in [1.82, 2.24) is 4.90 Å². The largest absolute Gasteiger partial charge is 0.396 e. The first-order valence-electron chi connectivity index (χ1n) is 6.70. The Kier molecular flexibility index (Phi) is 6.46. The van der Waals surface area contributed by atoms with E-state index in [1.165, 1.54) is 32.1 Å². The van der Waals surface area contributed by atoms with Crippen LogP contribution >= 0.6 is 0 Å². The van der Waals surface area contributed by atoms with Crippen molar-refractivity contribution in [1.29, 1.82) is 0 Å². The number of aliphatic hydroxyl groups excluding tert-OH is 1. The van der Waals surface area contributed by atoms with Crippen LogP contribution in [0.3, 0.4) is 0 Å². The van der Waals surface area contributed by atoms with Gasteiger partial charge in [0.15, 0.2) is 0 Å². The maximum absolute atomic E-state index is 12.0. The van der Waals surface area contributed by atoms with Crippen LogP contribution < -0.4 is 0 Å². The Labute approximate surface area is 98.8 Å². The molecule has 1 fully saturated rings. The molecular formula is C13H25NO2. The lowest BCUT2D eigenvalue weighted by Crippen LogP contribution is -2.41. The molecule has 0 aromatic heterocycles. The van der Waals surface area contributed by atoms with Crippen LogP contribution in [-0.2, 0) is 4.79 Å². The molecule has 0 saturated heterocycles. The second kappa shape index (κ2) is 7.66. The van der Waals surface area contributed by atoms with E-state index >= 15 is 0 Å². The summed E-state index contributed by atoms with van der Waals surface area (Å²) in [4.78, 5) is 14.0. The third kappa shape index (κ3) is 4.12. The van der Waals surface area contributed by atoms with Crippen LogP contribution in [0, 0.1) is 0 Å². The number of hydrogen-bond donors (Lipinski definition) is 1. The number of carbonyl (C=O) groups is 1. The smallest absolute Gasteiger partial charge is 0.222 e. The molecule has 0 heterocycles. The predicted molar refractivity (Wildman–Crippen MR) is 65.2 cm³/mol. The molecule has 0 spiro atoms. The average Bonchev–Trinajstić information content (AvgIpc) is 2.32. The van der Waals surface area contributed by atoms with Crippen molar-refractivity contribution in [2.45, 2.75) is 64.3 Å². The highest BCUT2D eigenvalue weighted by atomic mass is 16.3. The molecule has 16 heavy (non-hydrogen) atoms. The Morgan fingerprint density at radius 1 is 1.25 bits per heavy atom. The summed E-state index contributed by atoms with van der Waals surface area (Å²) in [6.07, 6.45) is 8.39. The first-order chi connectivity index (χ1) is 7.79. The summed E-state index contributed by atoms with van der Waals surface area (Å²) in [6.45, 7) is 3.10. The fourth-order valence-electron chi connectivity index (χ4n) is 2.56. The van der Waals surface area contributed by atoms with Gasteiger partial charge in [-0.15, -0.1) is 0 Å². The minimum Gasteiger partial charge on any atom is -0.396 e. The Balaban J connectivity index is 2.35. The number of rotatable bonds is 6. The Morgan fingerprint density at radius 3 is 2.50 bits per heavy atom. The third-order valence-corrected chi connectivity index (χ3v) is 3.48. The van der Waals surface area contributed by atoms with E-state index in [9.17, 15) is 4.79 Å². The number of nitrogens with zero attached hydrogens (tertiary/aromatic N) is 1. The highest BCUT2D eigenvalue weighted by molar-refractivity contribution is 5.76. The molecule has 1 aliphatic carbocycles. The topological polar surface area (TPSA) is 40.5 Å². The molecule has 1 amide bonds. The van der Waals surface area contributed by atoms with Gasteiger partial charge in [0.2, 0.25) is 5.91 Å². The van der Waals surface area contributed by atoms with Crippen LogP contribution in [0.1, 0.15) is 58.3 Å². The molecule has 3 heteroatoms. The molecule has 3 nitrogen and oxygen atoms in total. The molecular weight excluding hydrogens is 202 g/mol. The maximum Gasteiger partial charge on any atom is 0.222 e. The van der Waals surface area contributed by atoms with Crippen LogP contribution in [0.2, 0.25) is 0 Å². The van der Waals surface area contributed by atoms with Gasteiger partial charge in [-0.1, -0.05) is 19.3 Å². The molecule has 0 aliphatic heterocycles. The third-order valence-electron chi connectivity index (χ3n) is 3.48. The lowest BCUT2D eigenvalue weighted by molar-refractivity contribution is -0.134. The van der Waals surface area contributed by atoms with Crippen molar-refractivity contribution >= 4 is 5.91 Å². The van der Waals surface area contributed by atoms with Gasteiger partial charge in [-0.25, -0.2) is 0 Å². The van der Waals surface area contributed by atoms with Crippen molar-refractivity contribution in [3.63, 3.8) is 0 Å². The van der Waals surface area contributed by atoms with Crippen molar-refractivity contribution in [3.05, 3.63) is 0 Å². The van der Waals surface area contributed by atoms with E-state index in [1.54, 1.807) is 0 Å². The molecule has 0 unspecified atom stereocenters. The summed E-state index contributed by atoms with van der Waals surface area (Å²) in [6, 6.07) is 0.486. The van der Waals surface area contributed by atoms with Gasteiger partial charge in [0.1, 0.15) is 0 Å². The molecule has 1 saturated carbocycles. The zero-order valence-electron chi connectivity index (χ0n) is 10.5. The molecule has 1 rings (SSSR count). The molecule has 0 aromatic rings. The summed E-state index contributed by atoms with van der Waals surface area (Å²) in [5.74, 6) is 0.280. The van der Waals surface area contributed by atoms with Crippen molar-refractivity contribution in [2.75, 3.05) is 13.2 Å². The van der Waals surface area contributed by atoms with Gasteiger partial charge in [0, 0.05) is 25.6 Å². The Hall–Kier alpha value is -0.570.